The molecule has 0 unspecified atom stereocenters. The van der Waals surface area contributed by atoms with Crippen LogP contribution in [0.4, 0.5) is 0 Å². The molecule has 2 aromatic rings. The average Bonchev–Trinajstić information content (AvgIpc) is 2.58. The fourth-order valence-electron chi connectivity index (χ4n) is 3.06. The van der Waals surface area contributed by atoms with Gasteiger partial charge in [0.1, 0.15) is 0 Å². The number of hydrogen-bond acceptors (Lipinski definition) is 1. The quantitative estimate of drug-likeness (QED) is 0.693. The van der Waals surface area contributed by atoms with E-state index in [2.05, 4.69) is 63.0 Å². The average molecular weight is 249 g/mol. The standard InChI is InChI=1S/C18H19N/c1-12-11-18(3,4)13(2)16(12)15-9-5-7-14-8-6-10-19-17(14)15/h5-11H,1-4H3. The zero-order valence-corrected chi connectivity index (χ0v) is 12.0. The molecule has 0 amide bonds. The summed E-state index contributed by atoms with van der Waals surface area (Å²) < 4.78 is 0. The first kappa shape index (κ1) is 12.2. The number of para-hydroxylation sites is 1. The maximum absolute atomic E-state index is 4.58. The van der Waals surface area contributed by atoms with Gasteiger partial charge in [0.2, 0.25) is 0 Å². The minimum absolute atomic E-state index is 0.149. The van der Waals surface area contributed by atoms with Gasteiger partial charge in [-0.25, -0.2) is 0 Å². The summed E-state index contributed by atoms with van der Waals surface area (Å²) in [5, 5.41) is 1.21. The number of hydrogen-bond donors (Lipinski definition) is 0. The van der Waals surface area contributed by atoms with Crippen LogP contribution in [0.25, 0.3) is 16.5 Å². The van der Waals surface area contributed by atoms with Crippen LogP contribution in [0, 0.1) is 5.41 Å². The van der Waals surface area contributed by atoms with Gasteiger partial charge in [0.25, 0.3) is 0 Å². The summed E-state index contributed by atoms with van der Waals surface area (Å²) in [6.07, 6.45) is 4.24. The number of aromatic nitrogens is 1. The molecule has 1 aliphatic carbocycles. The summed E-state index contributed by atoms with van der Waals surface area (Å²) in [6.45, 7) is 8.99. The zero-order valence-electron chi connectivity index (χ0n) is 12.0. The van der Waals surface area contributed by atoms with E-state index >= 15 is 0 Å². The molecule has 1 heterocycles. The number of fused-ring (bicyclic) bond motifs is 1. The Morgan fingerprint density at radius 2 is 1.74 bits per heavy atom. The molecule has 0 radical (unpaired) electrons. The zero-order chi connectivity index (χ0) is 13.6. The molecular weight excluding hydrogens is 230 g/mol. The highest BCUT2D eigenvalue weighted by Crippen LogP contribution is 2.45. The van der Waals surface area contributed by atoms with E-state index in [1.807, 2.05) is 12.3 Å². The highest BCUT2D eigenvalue weighted by Gasteiger charge is 2.29. The topological polar surface area (TPSA) is 12.9 Å². The molecule has 96 valence electrons. The summed E-state index contributed by atoms with van der Waals surface area (Å²) in [7, 11) is 0. The van der Waals surface area contributed by atoms with Gasteiger partial charge in [-0.1, -0.05) is 49.8 Å². The second-order valence-corrected chi connectivity index (χ2v) is 5.93. The van der Waals surface area contributed by atoms with Gasteiger partial charge in [-0.3, -0.25) is 4.98 Å². The maximum atomic E-state index is 4.58. The SMILES string of the molecule is CC1=CC(C)(C)C(C)=C1c1cccc2cccnc12. The van der Waals surface area contributed by atoms with Crippen molar-refractivity contribution < 1.29 is 0 Å². The first-order valence-corrected chi connectivity index (χ1v) is 6.76. The van der Waals surface area contributed by atoms with E-state index < -0.39 is 0 Å². The Kier molecular flexibility index (Phi) is 2.60. The molecule has 0 saturated heterocycles. The van der Waals surface area contributed by atoms with Gasteiger partial charge < -0.3 is 0 Å². The molecule has 0 bridgehead atoms. The summed E-state index contributed by atoms with van der Waals surface area (Å²) >= 11 is 0. The third-order valence-corrected chi connectivity index (χ3v) is 4.22. The van der Waals surface area contributed by atoms with Crippen molar-refractivity contribution in [2.45, 2.75) is 27.7 Å². The lowest BCUT2D eigenvalue weighted by atomic mass is 9.86. The Hall–Kier alpha value is -1.89. The number of benzene rings is 1. The lowest BCUT2D eigenvalue weighted by Gasteiger charge is -2.18. The van der Waals surface area contributed by atoms with Crippen molar-refractivity contribution in [1.29, 1.82) is 0 Å². The molecule has 1 aromatic carbocycles. The van der Waals surface area contributed by atoms with Crippen LogP contribution < -0.4 is 0 Å². The number of allylic oxidation sites excluding steroid dienone is 4. The van der Waals surface area contributed by atoms with Crippen LogP contribution in [0.3, 0.4) is 0 Å². The fraction of sp³-hybridized carbons (Fsp3) is 0.278. The molecule has 1 aromatic heterocycles. The summed E-state index contributed by atoms with van der Waals surface area (Å²) in [5.74, 6) is 0. The van der Waals surface area contributed by atoms with Crippen LogP contribution in [-0.2, 0) is 0 Å². The van der Waals surface area contributed by atoms with Gasteiger partial charge in [0.15, 0.2) is 0 Å². The van der Waals surface area contributed by atoms with E-state index in [-0.39, 0.29) is 5.41 Å². The van der Waals surface area contributed by atoms with Crippen LogP contribution in [0.15, 0.2) is 53.8 Å². The Labute approximate surface area is 114 Å². The maximum Gasteiger partial charge on any atom is 0.0780 e. The molecule has 0 saturated carbocycles. The molecule has 1 aliphatic rings. The Balaban J connectivity index is 2.33. The van der Waals surface area contributed by atoms with E-state index in [1.54, 1.807) is 0 Å². The molecule has 0 fully saturated rings. The number of nitrogens with zero attached hydrogens (tertiary/aromatic N) is 1. The monoisotopic (exact) mass is 249 g/mol. The highest BCUT2D eigenvalue weighted by molar-refractivity contribution is 5.97. The lowest BCUT2D eigenvalue weighted by molar-refractivity contribution is 0.591. The van der Waals surface area contributed by atoms with Crippen LogP contribution in [0.1, 0.15) is 33.3 Å². The lowest BCUT2D eigenvalue weighted by Crippen LogP contribution is -2.06. The van der Waals surface area contributed by atoms with Crippen LogP contribution in [0.2, 0.25) is 0 Å². The largest absolute Gasteiger partial charge is 0.256 e. The van der Waals surface area contributed by atoms with Gasteiger partial charge in [-0.05, 0) is 31.1 Å². The minimum Gasteiger partial charge on any atom is -0.256 e. The first-order chi connectivity index (χ1) is 9.00. The summed E-state index contributed by atoms with van der Waals surface area (Å²) in [5.41, 5.74) is 6.67. The van der Waals surface area contributed by atoms with Crippen molar-refractivity contribution in [3.8, 4) is 0 Å². The molecule has 1 heteroatoms. The van der Waals surface area contributed by atoms with Crippen molar-refractivity contribution in [2.24, 2.45) is 5.41 Å². The Bertz CT molecular complexity index is 712. The number of rotatable bonds is 1. The van der Waals surface area contributed by atoms with Crippen molar-refractivity contribution in [2.75, 3.05) is 0 Å². The van der Waals surface area contributed by atoms with E-state index in [0.717, 1.165) is 5.52 Å². The normalized spacial score (nSPS) is 18.0. The second kappa shape index (κ2) is 4.06. The van der Waals surface area contributed by atoms with Crippen LogP contribution >= 0.6 is 0 Å². The smallest absolute Gasteiger partial charge is 0.0780 e. The van der Waals surface area contributed by atoms with Crippen molar-refractivity contribution in [3.05, 3.63) is 59.3 Å². The van der Waals surface area contributed by atoms with E-state index in [0.29, 0.717) is 0 Å². The van der Waals surface area contributed by atoms with E-state index in [4.69, 9.17) is 0 Å². The van der Waals surface area contributed by atoms with Gasteiger partial charge >= 0.3 is 0 Å². The van der Waals surface area contributed by atoms with Gasteiger partial charge in [-0.15, -0.1) is 0 Å². The number of pyridine rings is 1. The molecule has 0 spiro atoms. The third-order valence-electron chi connectivity index (χ3n) is 4.22. The highest BCUT2D eigenvalue weighted by atomic mass is 14.7. The summed E-state index contributed by atoms with van der Waals surface area (Å²) in [4.78, 5) is 4.58. The molecule has 1 nitrogen and oxygen atoms in total. The van der Waals surface area contributed by atoms with E-state index in [1.165, 1.54) is 27.7 Å². The first-order valence-electron chi connectivity index (χ1n) is 6.76. The third kappa shape index (κ3) is 1.81. The molecule has 0 atom stereocenters. The summed E-state index contributed by atoms with van der Waals surface area (Å²) in [6, 6.07) is 10.6. The second-order valence-electron chi connectivity index (χ2n) is 5.93. The van der Waals surface area contributed by atoms with Crippen LogP contribution in [-0.4, -0.2) is 4.98 Å². The van der Waals surface area contributed by atoms with E-state index in [9.17, 15) is 0 Å². The molecular formula is C18H19N. The molecule has 19 heavy (non-hydrogen) atoms. The minimum atomic E-state index is 0.149. The van der Waals surface area contributed by atoms with Crippen molar-refractivity contribution in [3.63, 3.8) is 0 Å². The van der Waals surface area contributed by atoms with Crippen LogP contribution in [0.5, 0.6) is 0 Å². The molecule has 3 rings (SSSR count). The Morgan fingerprint density at radius 1 is 1.00 bits per heavy atom. The molecule has 0 aliphatic heterocycles. The van der Waals surface area contributed by atoms with Crippen molar-refractivity contribution in [1.82, 2.24) is 4.98 Å². The predicted octanol–water partition coefficient (Wildman–Crippen LogP) is 4.99. The molecule has 0 N–H and O–H groups in total. The van der Waals surface area contributed by atoms with Crippen molar-refractivity contribution >= 4 is 16.5 Å². The van der Waals surface area contributed by atoms with Gasteiger partial charge in [-0.2, -0.15) is 0 Å². The van der Waals surface area contributed by atoms with Gasteiger partial charge in [0.05, 0.1) is 5.52 Å². The van der Waals surface area contributed by atoms with Gasteiger partial charge in [0, 0.05) is 22.6 Å². The fourth-order valence-corrected chi connectivity index (χ4v) is 3.06. The predicted molar refractivity (Wildman–Crippen MR) is 81.9 cm³/mol. The Morgan fingerprint density at radius 3 is 2.42 bits per heavy atom.